The number of benzene rings is 1. The molecule has 0 saturated heterocycles. The molecule has 0 saturated carbocycles. The molecule has 0 radical (unpaired) electrons. The molecule has 1 aromatic carbocycles. The molecule has 1 heterocycles. The lowest BCUT2D eigenvalue weighted by atomic mass is 9.92. The van der Waals surface area contributed by atoms with Crippen LogP contribution in [0, 0.1) is 6.92 Å². The smallest absolute Gasteiger partial charge is 0.143 e. The maximum absolute atomic E-state index is 5.52. The first-order valence-electron chi connectivity index (χ1n) is 6.93. The lowest BCUT2D eigenvalue weighted by Gasteiger charge is -2.19. The minimum absolute atomic E-state index is 0.0311. The summed E-state index contributed by atoms with van der Waals surface area (Å²) in [5, 5.41) is 0. The molecule has 0 bridgehead atoms. The molecular formula is C16H22N4S. The molecule has 0 fully saturated rings. The molecule has 0 aliphatic heterocycles. The minimum atomic E-state index is -0.0311. The van der Waals surface area contributed by atoms with Gasteiger partial charge in [-0.1, -0.05) is 39.0 Å². The van der Waals surface area contributed by atoms with E-state index < -0.39 is 0 Å². The van der Waals surface area contributed by atoms with Crippen LogP contribution >= 0.6 is 11.8 Å². The molecule has 0 spiro atoms. The van der Waals surface area contributed by atoms with Crippen LogP contribution in [0.1, 0.15) is 37.9 Å². The van der Waals surface area contributed by atoms with E-state index in [0.29, 0.717) is 5.82 Å². The highest BCUT2D eigenvalue weighted by molar-refractivity contribution is 7.98. The third-order valence-electron chi connectivity index (χ3n) is 3.14. The maximum Gasteiger partial charge on any atom is 0.143 e. The minimum Gasteiger partial charge on any atom is -0.308 e. The second-order valence-corrected chi connectivity index (χ2v) is 7.02. The van der Waals surface area contributed by atoms with Crippen LogP contribution in [0.15, 0.2) is 35.2 Å². The van der Waals surface area contributed by atoms with Gasteiger partial charge in [-0.05, 0) is 18.6 Å². The van der Waals surface area contributed by atoms with Crippen molar-refractivity contribution in [1.29, 1.82) is 0 Å². The van der Waals surface area contributed by atoms with E-state index in [0.717, 1.165) is 17.3 Å². The maximum atomic E-state index is 5.52. The first-order chi connectivity index (χ1) is 9.90. The van der Waals surface area contributed by atoms with E-state index in [1.807, 2.05) is 12.1 Å². The number of hydrogen-bond donors (Lipinski definition) is 2. The van der Waals surface area contributed by atoms with Crippen LogP contribution in [-0.4, -0.2) is 9.97 Å². The topological polar surface area (TPSA) is 63.8 Å². The number of nitrogens with two attached hydrogens (primary N) is 1. The Morgan fingerprint density at radius 3 is 2.52 bits per heavy atom. The Balaban J connectivity index is 2.22. The third-order valence-corrected chi connectivity index (χ3v) is 4.31. The van der Waals surface area contributed by atoms with Gasteiger partial charge in [-0.25, -0.2) is 15.8 Å². The molecule has 5 heteroatoms. The number of nitrogen functional groups attached to an aromatic ring is 1. The van der Waals surface area contributed by atoms with Crippen molar-refractivity contribution in [1.82, 2.24) is 9.97 Å². The van der Waals surface area contributed by atoms with E-state index in [9.17, 15) is 0 Å². The van der Waals surface area contributed by atoms with Crippen LogP contribution in [-0.2, 0) is 11.2 Å². The summed E-state index contributed by atoms with van der Waals surface area (Å²) in [7, 11) is 0. The quantitative estimate of drug-likeness (QED) is 0.512. The zero-order chi connectivity index (χ0) is 15.5. The van der Waals surface area contributed by atoms with Crippen molar-refractivity contribution in [3.8, 4) is 0 Å². The molecule has 0 unspecified atom stereocenters. The van der Waals surface area contributed by atoms with Gasteiger partial charge in [0.05, 0.1) is 11.4 Å². The van der Waals surface area contributed by atoms with Gasteiger partial charge < -0.3 is 5.43 Å². The molecule has 2 aromatic rings. The Labute approximate surface area is 130 Å². The van der Waals surface area contributed by atoms with Gasteiger partial charge >= 0.3 is 0 Å². The van der Waals surface area contributed by atoms with E-state index in [1.165, 1.54) is 10.5 Å². The summed E-state index contributed by atoms with van der Waals surface area (Å²) in [5.74, 6) is 7.70. The lowest BCUT2D eigenvalue weighted by molar-refractivity contribution is 0.564. The first kappa shape index (κ1) is 15.8. The number of hydrazine groups is 1. The van der Waals surface area contributed by atoms with Crippen LogP contribution < -0.4 is 11.3 Å². The average molecular weight is 302 g/mol. The Morgan fingerprint density at radius 1 is 1.19 bits per heavy atom. The molecule has 1 aromatic heterocycles. The van der Waals surface area contributed by atoms with Gasteiger partial charge in [0.1, 0.15) is 11.6 Å². The number of nitrogens with one attached hydrogen (secondary N) is 1. The van der Waals surface area contributed by atoms with Gasteiger partial charge in [0, 0.05) is 16.4 Å². The Bertz CT molecular complexity index is 620. The van der Waals surface area contributed by atoms with Crippen LogP contribution in [0.4, 0.5) is 5.82 Å². The van der Waals surface area contributed by atoms with Gasteiger partial charge in [0.15, 0.2) is 0 Å². The number of aromatic nitrogens is 2. The largest absolute Gasteiger partial charge is 0.308 e. The highest BCUT2D eigenvalue weighted by Gasteiger charge is 2.18. The van der Waals surface area contributed by atoms with Crippen LogP contribution in [0.5, 0.6) is 0 Å². The van der Waals surface area contributed by atoms with Gasteiger partial charge in [0.2, 0.25) is 0 Å². The van der Waals surface area contributed by atoms with E-state index >= 15 is 0 Å². The summed E-state index contributed by atoms with van der Waals surface area (Å²) >= 11 is 1.75. The first-order valence-corrected chi connectivity index (χ1v) is 7.92. The van der Waals surface area contributed by atoms with Gasteiger partial charge in [-0.3, -0.25) is 0 Å². The van der Waals surface area contributed by atoms with Crippen LogP contribution in [0.25, 0.3) is 0 Å². The van der Waals surface area contributed by atoms with Gasteiger partial charge in [0.25, 0.3) is 0 Å². The number of anilines is 1. The SMILES string of the molecule is Cc1ccccc1SCc1nc(NN)cc(C(C)(C)C)n1. The summed E-state index contributed by atoms with van der Waals surface area (Å²) in [5.41, 5.74) is 4.86. The van der Waals surface area contributed by atoms with E-state index in [2.05, 4.69) is 61.3 Å². The van der Waals surface area contributed by atoms with Gasteiger partial charge in [-0.15, -0.1) is 11.8 Å². The zero-order valence-electron chi connectivity index (χ0n) is 13.0. The predicted molar refractivity (Wildman–Crippen MR) is 89.3 cm³/mol. The molecule has 4 nitrogen and oxygen atoms in total. The molecular weight excluding hydrogens is 280 g/mol. The van der Waals surface area contributed by atoms with Crippen molar-refractivity contribution >= 4 is 17.6 Å². The Morgan fingerprint density at radius 2 is 1.90 bits per heavy atom. The fraction of sp³-hybridized carbons (Fsp3) is 0.375. The number of aryl methyl sites for hydroxylation is 1. The normalized spacial score (nSPS) is 11.5. The summed E-state index contributed by atoms with van der Waals surface area (Å²) in [4.78, 5) is 10.4. The summed E-state index contributed by atoms with van der Waals surface area (Å²) in [6.07, 6.45) is 0. The van der Waals surface area contributed by atoms with E-state index in [-0.39, 0.29) is 5.41 Å². The van der Waals surface area contributed by atoms with Crippen molar-refractivity contribution < 1.29 is 0 Å². The molecule has 2 rings (SSSR count). The number of nitrogens with zero attached hydrogens (tertiary/aromatic N) is 2. The Kier molecular flexibility index (Phi) is 4.85. The highest BCUT2D eigenvalue weighted by atomic mass is 32.2. The summed E-state index contributed by atoms with van der Waals surface area (Å²) in [6.45, 7) is 8.51. The molecule has 21 heavy (non-hydrogen) atoms. The molecule has 3 N–H and O–H groups in total. The fourth-order valence-corrected chi connectivity index (χ4v) is 2.76. The van der Waals surface area contributed by atoms with E-state index in [1.54, 1.807) is 11.8 Å². The van der Waals surface area contributed by atoms with Gasteiger partial charge in [-0.2, -0.15) is 0 Å². The number of hydrogen-bond acceptors (Lipinski definition) is 5. The van der Waals surface area contributed by atoms with Crippen LogP contribution in [0.2, 0.25) is 0 Å². The fourth-order valence-electron chi connectivity index (χ4n) is 1.88. The second kappa shape index (κ2) is 6.45. The van der Waals surface area contributed by atoms with Crippen molar-refractivity contribution in [3.63, 3.8) is 0 Å². The highest BCUT2D eigenvalue weighted by Crippen LogP contribution is 2.27. The Hall–Kier alpha value is -1.59. The average Bonchev–Trinajstić information content (AvgIpc) is 2.45. The predicted octanol–water partition coefficient (Wildman–Crippen LogP) is 3.66. The van der Waals surface area contributed by atoms with Crippen molar-refractivity contribution in [2.24, 2.45) is 5.84 Å². The molecule has 112 valence electrons. The van der Waals surface area contributed by atoms with Crippen molar-refractivity contribution in [3.05, 3.63) is 47.4 Å². The molecule has 0 aliphatic carbocycles. The second-order valence-electron chi connectivity index (χ2n) is 6.00. The zero-order valence-corrected chi connectivity index (χ0v) is 13.8. The van der Waals surface area contributed by atoms with E-state index in [4.69, 9.17) is 5.84 Å². The van der Waals surface area contributed by atoms with Crippen molar-refractivity contribution in [2.45, 2.75) is 43.8 Å². The third kappa shape index (κ3) is 4.19. The lowest BCUT2D eigenvalue weighted by Crippen LogP contribution is -2.18. The number of thioether (sulfide) groups is 1. The summed E-state index contributed by atoms with van der Waals surface area (Å²) in [6, 6.07) is 10.2. The van der Waals surface area contributed by atoms with Crippen LogP contribution in [0.3, 0.4) is 0 Å². The number of rotatable bonds is 4. The summed E-state index contributed by atoms with van der Waals surface area (Å²) < 4.78 is 0. The molecule has 0 atom stereocenters. The van der Waals surface area contributed by atoms with Crippen molar-refractivity contribution in [2.75, 3.05) is 5.43 Å². The molecule has 0 amide bonds. The standard InChI is InChI=1S/C16H22N4S/c1-11-7-5-6-8-12(11)21-10-15-18-13(16(2,3)4)9-14(19-15)20-17/h5-9H,10,17H2,1-4H3,(H,18,19,20). The monoisotopic (exact) mass is 302 g/mol. The molecule has 0 aliphatic rings.